The highest BCUT2D eigenvalue weighted by molar-refractivity contribution is 7.97. The summed E-state index contributed by atoms with van der Waals surface area (Å²) in [5.41, 5.74) is 2.30. The first-order valence-electron chi connectivity index (χ1n) is 7.67. The van der Waals surface area contributed by atoms with Crippen LogP contribution < -0.4 is 4.74 Å². The van der Waals surface area contributed by atoms with Gasteiger partial charge in [-0.05, 0) is 36.4 Å². The van der Waals surface area contributed by atoms with Crippen molar-refractivity contribution in [1.29, 1.82) is 0 Å². The van der Waals surface area contributed by atoms with Crippen LogP contribution in [0.3, 0.4) is 0 Å². The molecule has 0 aliphatic carbocycles. The standard InChI is InChI=1S/C20H15F2OS/c21-20(22)23-16-10-11-19-15(13-16)12-14-6-4-5-9-18(14)24(19)17-7-2-1-3-8-17/h1-11,13,20H,12H2/q+1. The molecule has 0 aromatic heterocycles. The smallest absolute Gasteiger partial charge is 0.387 e. The van der Waals surface area contributed by atoms with Gasteiger partial charge in [0.05, 0.1) is 10.9 Å². The van der Waals surface area contributed by atoms with Crippen molar-refractivity contribution >= 4 is 10.9 Å². The lowest BCUT2D eigenvalue weighted by Crippen LogP contribution is -2.16. The summed E-state index contributed by atoms with van der Waals surface area (Å²) in [5.74, 6) is 0.222. The van der Waals surface area contributed by atoms with Gasteiger partial charge in [0, 0.05) is 17.5 Å². The van der Waals surface area contributed by atoms with Gasteiger partial charge in [0.2, 0.25) is 0 Å². The molecule has 4 rings (SSSR count). The Bertz CT molecular complexity index is 865. The molecule has 0 amide bonds. The third kappa shape index (κ3) is 2.78. The summed E-state index contributed by atoms with van der Waals surface area (Å²) in [7, 11) is -0.222. The highest BCUT2D eigenvalue weighted by atomic mass is 32.2. The Morgan fingerprint density at radius 2 is 1.50 bits per heavy atom. The van der Waals surface area contributed by atoms with Crippen LogP contribution in [0.5, 0.6) is 5.75 Å². The Morgan fingerprint density at radius 3 is 2.29 bits per heavy atom. The molecule has 1 unspecified atom stereocenters. The van der Waals surface area contributed by atoms with E-state index in [1.807, 2.05) is 30.3 Å². The van der Waals surface area contributed by atoms with Crippen LogP contribution in [0.25, 0.3) is 0 Å². The zero-order valence-electron chi connectivity index (χ0n) is 12.8. The highest BCUT2D eigenvalue weighted by Gasteiger charge is 2.37. The van der Waals surface area contributed by atoms with Crippen molar-refractivity contribution in [3.05, 3.63) is 83.9 Å². The van der Waals surface area contributed by atoms with E-state index < -0.39 is 6.61 Å². The third-order valence-electron chi connectivity index (χ3n) is 4.03. The number of alkyl halides is 2. The zero-order valence-corrected chi connectivity index (χ0v) is 13.6. The first-order valence-corrected chi connectivity index (χ1v) is 8.90. The fraction of sp³-hybridized carbons (Fsp3) is 0.100. The molecule has 1 atom stereocenters. The van der Waals surface area contributed by atoms with E-state index in [1.165, 1.54) is 20.2 Å². The van der Waals surface area contributed by atoms with E-state index in [1.54, 1.807) is 12.1 Å². The van der Waals surface area contributed by atoms with E-state index in [0.717, 1.165) is 12.0 Å². The van der Waals surface area contributed by atoms with Gasteiger partial charge in [0.15, 0.2) is 14.7 Å². The molecule has 0 saturated heterocycles. The van der Waals surface area contributed by atoms with Crippen molar-refractivity contribution in [2.75, 3.05) is 0 Å². The maximum atomic E-state index is 12.5. The zero-order chi connectivity index (χ0) is 16.5. The number of fused-ring (bicyclic) bond motifs is 2. The van der Waals surface area contributed by atoms with Crippen molar-refractivity contribution in [3.8, 4) is 5.75 Å². The van der Waals surface area contributed by atoms with Gasteiger partial charge >= 0.3 is 6.61 Å². The van der Waals surface area contributed by atoms with Gasteiger partial charge in [-0.2, -0.15) is 8.78 Å². The fourth-order valence-electron chi connectivity index (χ4n) is 3.05. The molecule has 0 saturated carbocycles. The van der Waals surface area contributed by atoms with Gasteiger partial charge in [0.1, 0.15) is 5.75 Å². The normalized spacial score (nSPS) is 15.7. The molecule has 24 heavy (non-hydrogen) atoms. The van der Waals surface area contributed by atoms with Crippen molar-refractivity contribution in [2.24, 2.45) is 0 Å². The molecule has 0 fully saturated rings. The molecular weight excluding hydrogens is 326 g/mol. The van der Waals surface area contributed by atoms with Gasteiger partial charge in [-0.1, -0.05) is 36.4 Å². The van der Waals surface area contributed by atoms with Crippen LogP contribution in [-0.4, -0.2) is 6.61 Å². The highest BCUT2D eigenvalue weighted by Crippen LogP contribution is 2.41. The van der Waals surface area contributed by atoms with Crippen molar-refractivity contribution in [1.82, 2.24) is 0 Å². The topological polar surface area (TPSA) is 9.23 Å². The van der Waals surface area contributed by atoms with Crippen molar-refractivity contribution < 1.29 is 13.5 Å². The van der Waals surface area contributed by atoms with Crippen LogP contribution in [0.2, 0.25) is 0 Å². The average molecular weight is 341 g/mol. The number of halogens is 2. The first-order chi connectivity index (χ1) is 11.7. The minimum Gasteiger partial charge on any atom is -0.435 e. The molecule has 1 aliphatic rings. The lowest BCUT2D eigenvalue weighted by atomic mass is 10.0. The molecule has 3 aromatic carbocycles. The summed E-state index contributed by atoms with van der Waals surface area (Å²) >= 11 is 0. The minimum atomic E-state index is -2.80. The molecular formula is C20H15F2OS+. The number of hydrogen-bond acceptors (Lipinski definition) is 1. The second kappa shape index (κ2) is 6.29. The van der Waals surface area contributed by atoms with Gasteiger partial charge in [-0.3, -0.25) is 0 Å². The summed E-state index contributed by atoms with van der Waals surface area (Å²) in [6.45, 7) is -2.80. The maximum absolute atomic E-state index is 12.5. The largest absolute Gasteiger partial charge is 0.435 e. The van der Waals surface area contributed by atoms with Crippen molar-refractivity contribution in [2.45, 2.75) is 27.7 Å². The third-order valence-corrected chi connectivity index (χ3v) is 6.45. The predicted octanol–water partition coefficient (Wildman–Crippen LogP) is 5.29. The quantitative estimate of drug-likeness (QED) is 0.460. The average Bonchev–Trinajstić information content (AvgIpc) is 2.60. The molecule has 3 aromatic rings. The summed E-state index contributed by atoms with van der Waals surface area (Å²) in [6, 6.07) is 24.0. The molecule has 4 heteroatoms. The van der Waals surface area contributed by atoms with Crippen LogP contribution in [0.4, 0.5) is 8.78 Å². The SMILES string of the molecule is FC(F)Oc1ccc2c(c1)Cc1ccccc1[S+]2c1ccccc1. The monoisotopic (exact) mass is 341 g/mol. The maximum Gasteiger partial charge on any atom is 0.387 e. The van der Waals surface area contributed by atoms with E-state index >= 15 is 0 Å². The van der Waals surface area contributed by atoms with Crippen LogP contribution in [0.15, 0.2) is 87.5 Å². The fourth-order valence-corrected chi connectivity index (χ4v) is 5.44. The Hall–Kier alpha value is -2.33. The molecule has 0 bridgehead atoms. The second-order valence-corrected chi connectivity index (χ2v) is 7.52. The molecule has 0 radical (unpaired) electrons. The molecule has 1 aliphatic heterocycles. The van der Waals surface area contributed by atoms with E-state index in [2.05, 4.69) is 35.1 Å². The number of hydrogen-bond donors (Lipinski definition) is 0. The molecule has 0 N–H and O–H groups in total. The van der Waals surface area contributed by atoms with Crippen molar-refractivity contribution in [3.63, 3.8) is 0 Å². The predicted molar refractivity (Wildman–Crippen MR) is 90.9 cm³/mol. The Labute approximate surface area is 142 Å². The lowest BCUT2D eigenvalue weighted by molar-refractivity contribution is -0.0499. The second-order valence-electron chi connectivity index (χ2n) is 5.55. The van der Waals surface area contributed by atoms with Crippen LogP contribution in [-0.2, 0) is 17.3 Å². The van der Waals surface area contributed by atoms with Crippen LogP contribution >= 0.6 is 0 Å². The Balaban J connectivity index is 1.85. The summed E-state index contributed by atoms with van der Waals surface area (Å²) in [5, 5.41) is 0. The number of benzene rings is 3. The summed E-state index contributed by atoms with van der Waals surface area (Å²) < 4.78 is 29.6. The Kier molecular flexibility index (Phi) is 3.98. The molecule has 1 nitrogen and oxygen atoms in total. The molecule has 120 valence electrons. The molecule has 1 heterocycles. The van der Waals surface area contributed by atoms with Gasteiger partial charge in [-0.15, -0.1) is 0 Å². The molecule has 0 spiro atoms. The van der Waals surface area contributed by atoms with E-state index in [9.17, 15) is 8.78 Å². The lowest BCUT2D eigenvalue weighted by Gasteiger charge is -2.20. The van der Waals surface area contributed by atoms with Crippen LogP contribution in [0.1, 0.15) is 11.1 Å². The van der Waals surface area contributed by atoms with Crippen LogP contribution in [0, 0.1) is 0 Å². The minimum absolute atomic E-state index is 0.222. The van der Waals surface area contributed by atoms with Gasteiger partial charge in [-0.25, -0.2) is 0 Å². The number of ether oxygens (including phenoxy) is 1. The van der Waals surface area contributed by atoms with E-state index in [-0.39, 0.29) is 16.6 Å². The van der Waals surface area contributed by atoms with Gasteiger partial charge in [0.25, 0.3) is 0 Å². The Morgan fingerprint density at radius 1 is 0.792 bits per heavy atom. The van der Waals surface area contributed by atoms with E-state index in [0.29, 0.717) is 0 Å². The van der Waals surface area contributed by atoms with Gasteiger partial charge < -0.3 is 4.74 Å². The number of rotatable bonds is 3. The van der Waals surface area contributed by atoms with E-state index in [4.69, 9.17) is 0 Å². The first kappa shape index (κ1) is 15.2. The summed E-state index contributed by atoms with van der Waals surface area (Å²) in [6.07, 6.45) is 0.738. The summed E-state index contributed by atoms with van der Waals surface area (Å²) in [4.78, 5) is 3.72.